The summed E-state index contributed by atoms with van der Waals surface area (Å²) in [7, 11) is 0. The second kappa shape index (κ2) is 17.8. The lowest BCUT2D eigenvalue weighted by atomic mass is 9.65. The van der Waals surface area contributed by atoms with Crippen LogP contribution in [0.3, 0.4) is 0 Å². The Balaban J connectivity index is 1.27. The van der Waals surface area contributed by atoms with Crippen molar-refractivity contribution in [3.05, 3.63) is 167 Å². The first-order chi connectivity index (χ1) is 30.7. The van der Waals surface area contributed by atoms with Gasteiger partial charge in [0.05, 0.1) is 30.7 Å². The molecule has 5 N–H and O–H groups in total. The third-order valence-electron chi connectivity index (χ3n) is 13.2. The van der Waals surface area contributed by atoms with E-state index >= 15 is 14.4 Å². The van der Waals surface area contributed by atoms with E-state index in [-0.39, 0.29) is 19.8 Å². The van der Waals surface area contributed by atoms with Crippen LogP contribution in [0.1, 0.15) is 96.2 Å². The number of hydrogen-bond donors (Lipinski definition) is 5. The molecule has 3 fully saturated rings. The summed E-state index contributed by atoms with van der Waals surface area (Å²) in [6.07, 6.45) is 3.03. The number of carbonyl (C=O) groups excluding carboxylic acids is 3. The van der Waals surface area contributed by atoms with Crippen molar-refractivity contribution in [2.45, 2.75) is 79.9 Å². The molecule has 11 heteroatoms. The molecule has 2 saturated heterocycles. The van der Waals surface area contributed by atoms with Crippen LogP contribution in [0, 0.1) is 17.8 Å². The molecule has 1 saturated carbocycles. The highest BCUT2D eigenvalue weighted by Gasteiger charge is 2.74. The topological polar surface area (TPSA) is 158 Å². The van der Waals surface area contributed by atoms with Gasteiger partial charge in [-0.1, -0.05) is 128 Å². The van der Waals surface area contributed by atoms with E-state index in [9.17, 15) is 15.3 Å². The SMILES string of the molecule is O=C1O[C@H](c2ccccc2)[C@H](c2ccccc2)N2[C@H]1[C@@H](C(=O)NC[C@H](O)c1ccccc1)[C@]1(C(=O)Nc3ccc(C#CC4(O)CCCCCC4)cc31)[C@H]2c1ccc(OCCO)cc1. The zero-order chi connectivity index (χ0) is 43.6. The molecule has 2 amide bonds. The van der Waals surface area contributed by atoms with Crippen molar-refractivity contribution in [2.75, 3.05) is 25.1 Å². The monoisotopic (exact) mass is 845 g/mol. The van der Waals surface area contributed by atoms with Crippen molar-refractivity contribution < 1.29 is 39.2 Å². The summed E-state index contributed by atoms with van der Waals surface area (Å²) >= 11 is 0. The lowest BCUT2D eigenvalue weighted by molar-refractivity contribution is -0.178. The molecule has 322 valence electrons. The minimum absolute atomic E-state index is 0.0768. The van der Waals surface area contributed by atoms with Crippen molar-refractivity contribution in [2.24, 2.45) is 5.92 Å². The number of aliphatic hydroxyl groups excluding tert-OH is 2. The molecule has 63 heavy (non-hydrogen) atoms. The quantitative estimate of drug-likeness (QED) is 0.0593. The summed E-state index contributed by atoms with van der Waals surface area (Å²) in [6.45, 7) is -0.292. The van der Waals surface area contributed by atoms with Crippen molar-refractivity contribution in [3.8, 4) is 17.6 Å². The number of nitrogens with zero attached hydrogens (tertiary/aromatic N) is 1. The number of anilines is 1. The third kappa shape index (κ3) is 7.89. The van der Waals surface area contributed by atoms with Gasteiger partial charge in [-0.25, -0.2) is 0 Å². The number of amides is 2. The Hall–Kier alpha value is -6.29. The Bertz CT molecular complexity index is 2500. The Morgan fingerprint density at radius 1 is 0.825 bits per heavy atom. The zero-order valence-corrected chi connectivity index (χ0v) is 34.9. The van der Waals surface area contributed by atoms with Crippen LogP contribution in [0.25, 0.3) is 0 Å². The number of esters is 1. The van der Waals surface area contributed by atoms with Gasteiger partial charge in [-0.15, -0.1) is 0 Å². The van der Waals surface area contributed by atoms with Crippen LogP contribution in [0.15, 0.2) is 133 Å². The number of hydrogen-bond acceptors (Lipinski definition) is 9. The van der Waals surface area contributed by atoms with Gasteiger partial charge in [-0.05, 0) is 83.8 Å². The van der Waals surface area contributed by atoms with Crippen molar-refractivity contribution >= 4 is 23.5 Å². The third-order valence-corrected chi connectivity index (χ3v) is 13.2. The molecular formula is C52H51N3O8. The fraction of sp³-hybridized carbons (Fsp3) is 0.327. The number of fused-ring (bicyclic) bond motifs is 3. The van der Waals surface area contributed by atoms with Crippen LogP contribution in [0.4, 0.5) is 5.69 Å². The van der Waals surface area contributed by atoms with Gasteiger partial charge in [0.15, 0.2) is 0 Å². The molecular weight excluding hydrogens is 795 g/mol. The average Bonchev–Trinajstić information content (AvgIpc) is 3.68. The average molecular weight is 846 g/mol. The van der Waals surface area contributed by atoms with E-state index in [0.717, 1.165) is 36.8 Å². The Labute approximate surface area is 367 Å². The van der Waals surface area contributed by atoms with Gasteiger partial charge in [-0.2, -0.15) is 0 Å². The van der Waals surface area contributed by atoms with E-state index in [1.165, 1.54) is 0 Å². The molecule has 0 radical (unpaired) electrons. The first kappa shape index (κ1) is 42.0. The second-order valence-electron chi connectivity index (χ2n) is 17.0. The number of benzene rings is 5. The van der Waals surface area contributed by atoms with Crippen molar-refractivity contribution in [3.63, 3.8) is 0 Å². The molecule has 3 heterocycles. The van der Waals surface area contributed by atoms with Crippen LogP contribution in [-0.4, -0.2) is 69.4 Å². The fourth-order valence-corrected chi connectivity index (χ4v) is 10.3. The van der Waals surface area contributed by atoms with E-state index < -0.39 is 65.1 Å². The predicted molar refractivity (Wildman–Crippen MR) is 236 cm³/mol. The van der Waals surface area contributed by atoms with E-state index in [1.54, 1.807) is 48.5 Å². The molecule has 7 atom stereocenters. The molecule has 3 aliphatic heterocycles. The van der Waals surface area contributed by atoms with Gasteiger partial charge in [0, 0.05) is 17.8 Å². The molecule has 1 spiro atoms. The predicted octanol–water partition coefficient (Wildman–Crippen LogP) is 6.62. The number of cyclic esters (lactones) is 1. The molecule has 4 aliphatic rings. The zero-order valence-electron chi connectivity index (χ0n) is 34.9. The summed E-state index contributed by atoms with van der Waals surface area (Å²) in [4.78, 5) is 48.0. The first-order valence-corrected chi connectivity index (χ1v) is 21.9. The number of nitrogens with one attached hydrogen (secondary N) is 2. The molecule has 5 aromatic carbocycles. The number of ether oxygens (including phenoxy) is 2. The lowest BCUT2D eigenvalue weighted by Crippen LogP contribution is -2.55. The molecule has 5 aromatic rings. The summed E-state index contributed by atoms with van der Waals surface area (Å²) < 4.78 is 12.3. The van der Waals surface area contributed by atoms with E-state index in [0.29, 0.717) is 46.5 Å². The summed E-state index contributed by atoms with van der Waals surface area (Å²) in [5, 5.41) is 38.5. The minimum atomic E-state index is -1.77. The number of rotatable bonds is 10. The van der Waals surface area contributed by atoms with Crippen molar-refractivity contribution in [1.82, 2.24) is 10.2 Å². The molecule has 1 aliphatic carbocycles. The summed E-state index contributed by atoms with van der Waals surface area (Å²) in [5.74, 6) is 3.75. The van der Waals surface area contributed by atoms with Crippen LogP contribution in [0.5, 0.6) is 5.75 Å². The smallest absolute Gasteiger partial charge is 0.324 e. The highest BCUT2D eigenvalue weighted by atomic mass is 16.6. The maximum Gasteiger partial charge on any atom is 0.324 e. The highest BCUT2D eigenvalue weighted by Crippen LogP contribution is 2.65. The van der Waals surface area contributed by atoms with Gasteiger partial charge >= 0.3 is 5.97 Å². The molecule has 9 rings (SSSR count). The van der Waals surface area contributed by atoms with Gasteiger partial charge < -0.3 is 35.4 Å². The number of carbonyl (C=O) groups is 3. The highest BCUT2D eigenvalue weighted by molar-refractivity contribution is 6.12. The van der Waals surface area contributed by atoms with Crippen LogP contribution >= 0.6 is 0 Å². The van der Waals surface area contributed by atoms with Gasteiger partial charge in [0.1, 0.15) is 35.5 Å². The maximum atomic E-state index is 15.5. The van der Waals surface area contributed by atoms with Crippen LogP contribution < -0.4 is 15.4 Å². The molecule has 0 unspecified atom stereocenters. The summed E-state index contributed by atoms with van der Waals surface area (Å²) in [5.41, 5.74) is 1.33. The van der Waals surface area contributed by atoms with Crippen LogP contribution in [-0.2, 0) is 24.5 Å². The standard InChI is InChI=1S/C52H51N3O8/c56-30-31-62-39-23-21-38(22-24-39)47-52(40-32-34(20-25-41(40)54-50(52)60)26-29-51(61)27-12-1-2-13-28-51)43(48(58)53-33-42(57)35-14-6-3-7-15-35)45-49(59)63-46(37-18-10-5-11-19-37)44(55(45)47)36-16-8-4-9-17-36/h3-11,14-25,32,42-47,56-57,61H,1-2,12-13,27-28,30-31,33H2,(H,53,58)(H,54,60)/t42-,43-,44-,45-,46+,47+,52-/m0/s1. The van der Waals surface area contributed by atoms with Gasteiger partial charge in [0.25, 0.3) is 0 Å². The summed E-state index contributed by atoms with van der Waals surface area (Å²) in [6, 6.07) is 37.7. The lowest BCUT2D eigenvalue weighted by Gasteiger charge is -2.46. The number of morpholine rings is 1. The number of aliphatic hydroxyl groups is 3. The maximum absolute atomic E-state index is 15.5. The van der Waals surface area contributed by atoms with Crippen LogP contribution in [0.2, 0.25) is 0 Å². The molecule has 11 nitrogen and oxygen atoms in total. The van der Waals surface area contributed by atoms with Crippen molar-refractivity contribution in [1.29, 1.82) is 0 Å². The Morgan fingerprint density at radius 2 is 1.48 bits per heavy atom. The second-order valence-corrected chi connectivity index (χ2v) is 17.0. The fourth-order valence-electron chi connectivity index (χ4n) is 10.3. The molecule has 0 aromatic heterocycles. The molecule has 0 bridgehead atoms. The Kier molecular flexibility index (Phi) is 11.9. The van der Waals surface area contributed by atoms with E-state index in [4.69, 9.17) is 9.47 Å². The minimum Gasteiger partial charge on any atom is -0.491 e. The van der Waals surface area contributed by atoms with Gasteiger partial charge in [-0.3, -0.25) is 19.3 Å². The van der Waals surface area contributed by atoms with E-state index in [1.807, 2.05) is 89.8 Å². The normalized spacial score (nSPS) is 25.3. The first-order valence-electron chi connectivity index (χ1n) is 21.9. The van der Waals surface area contributed by atoms with E-state index in [2.05, 4.69) is 22.5 Å². The van der Waals surface area contributed by atoms with Gasteiger partial charge in [0.2, 0.25) is 11.8 Å². The largest absolute Gasteiger partial charge is 0.491 e. The Morgan fingerprint density at radius 3 is 2.14 bits per heavy atom.